The van der Waals surface area contributed by atoms with E-state index in [1.165, 1.54) is 0 Å². The lowest BCUT2D eigenvalue weighted by molar-refractivity contribution is -0.237. The number of rotatable bonds is 5. The maximum atomic E-state index is 12.6. The first-order chi connectivity index (χ1) is 10.9. The summed E-state index contributed by atoms with van der Waals surface area (Å²) in [6.07, 6.45) is -0.253. The molecule has 1 aromatic rings. The Balaban J connectivity index is 2.04. The van der Waals surface area contributed by atoms with Gasteiger partial charge < -0.3 is 24.3 Å². The fourth-order valence-electron chi connectivity index (χ4n) is 2.33. The van der Waals surface area contributed by atoms with Crippen molar-refractivity contribution < 1.29 is 23.7 Å². The van der Waals surface area contributed by atoms with E-state index in [0.29, 0.717) is 30.4 Å². The van der Waals surface area contributed by atoms with Crippen LogP contribution in [-0.4, -0.2) is 39.6 Å². The molecule has 1 aromatic carbocycles. The van der Waals surface area contributed by atoms with Crippen LogP contribution in [0.25, 0.3) is 0 Å². The molecule has 1 saturated heterocycles. The Labute approximate surface area is 137 Å². The molecule has 0 aliphatic carbocycles. The lowest BCUT2D eigenvalue weighted by atomic mass is 9.90. The highest BCUT2D eigenvalue weighted by Crippen LogP contribution is 2.32. The van der Waals surface area contributed by atoms with Crippen molar-refractivity contribution in [1.82, 2.24) is 0 Å². The van der Waals surface area contributed by atoms with E-state index in [4.69, 9.17) is 18.9 Å². The molecular weight excluding hydrogens is 298 g/mol. The molecule has 0 unspecified atom stereocenters. The molecule has 1 heterocycles. The molecule has 128 valence electrons. The van der Waals surface area contributed by atoms with Crippen molar-refractivity contribution in [3.8, 4) is 11.5 Å². The number of hydrogen-bond acceptors (Lipinski definition) is 5. The van der Waals surface area contributed by atoms with E-state index in [9.17, 15) is 4.79 Å². The van der Waals surface area contributed by atoms with Gasteiger partial charge in [-0.2, -0.15) is 0 Å². The predicted molar refractivity (Wildman–Crippen MR) is 86.8 cm³/mol. The Morgan fingerprint density at radius 2 is 1.83 bits per heavy atom. The van der Waals surface area contributed by atoms with Gasteiger partial charge in [0.15, 0.2) is 17.8 Å². The molecule has 6 heteroatoms. The molecule has 2 rings (SSSR count). The number of anilines is 1. The lowest BCUT2D eigenvalue weighted by Crippen LogP contribution is -2.48. The largest absolute Gasteiger partial charge is 0.493 e. The van der Waals surface area contributed by atoms with Gasteiger partial charge in [0.05, 0.1) is 32.8 Å². The second-order valence-electron chi connectivity index (χ2n) is 6.32. The molecule has 0 bridgehead atoms. The highest BCUT2D eigenvalue weighted by Gasteiger charge is 2.40. The van der Waals surface area contributed by atoms with Gasteiger partial charge in [-0.05, 0) is 19.1 Å². The predicted octanol–water partition coefficient (Wildman–Crippen LogP) is 2.68. The Hall–Kier alpha value is -1.79. The van der Waals surface area contributed by atoms with Crippen LogP contribution in [0.5, 0.6) is 11.5 Å². The summed E-state index contributed by atoms with van der Waals surface area (Å²) in [5, 5.41) is 2.89. The number of nitrogens with one attached hydrogen (secondary N) is 1. The third-order valence-electron chi connectivity index (χ3n) is 3.87. The first-order valence-corrected chi connectivity index (χ1v) is 7.66. The number of amides is 1. The van der Waals surface area contributed by atoms with Crippen molar-refractivity contribution in [3.63, 3.8) is 0 Å². The van der Waals surface area contributed by atoms with Gasteiger partial charge in [-0.25, -0.2) is 0 Å². The van der Waals surface area contributed by atoms with Gasteiger partial charge in [0, 0.05) is 17.7 Å². The molecule has 1 aliphatic heterocycles. The normalized spacial score (nSPS) is 24.3. The standard InChI is InChI=1S/C17H25NO5/c1-11(2)15-22-9-17(3,10-23-15)16(19)18-12-6-7-13(20-4)14(8-12)21-5/h6-8,11,15H,9-10H2,1-5H3,(H,18,19). The molecule has 1 fully saturated rings. The van der Waals surface area contributed by atoms with Gasteiger partial charge in [0.25, 0.3) is 0 Å². The van der Waals surface area contributed by atoms with Crippen LogP contribution in [0.4, 0.5) is 5.69 Å². The van der Waals surface area contributed by atoms with Crippen LogP contribution in [0.15, 0.2) is 18.2 Å². The van der Waals surface area contributed by atoms with E-state index in [1.54, 1.807) is 32.4 Å². The molecule has 23 heavy (non-hydrogen) atoms. The topological polar surface area (TPSA) is 66.0 Å². The summed E-state index contributed by atoms with van der Waals surface area (Å²) in [7, 11) is 3.12. The zero-order valence-corrected chi connectivity index (χ0v) is 14.3. The SMILES string of the molecule is COc1ccc(NC(=O)C2(C)COC(C(C)C)OC2)cc1OC. The number of carbonyl (C=O) groups is 1. The molecule has 0 spiro atoms. The van der Waals surface area contributed by atoms with E-state index < -0.39 is 5.41 Å². The van der Waals surface area contributed by atoms with Crippen molar-refractivity contribution in [2.75, 3.05) is 32.8 Å². The molecule has 1 N–H and O–H groups in total. The van der Waals surface area contributed by atoms with Crippen molar-refractivity contribution in [3.05, 3.63) is 18.2 Å². The quantitative estimate of drug-likeness (QED) is 0.902. The summed E-state index contributed by atoms with van der Waals surface area (Å²) in [6, 6.07) is 5.24. The average molecular weight is 323 g/mol. The highest BCUT2D eigenvalue weighted by atomic mass is 16.7. The summed E-state index contributed by atoms with van der Waals surface area (Å²) < 4.78 is 21.8. The summed E-state index contributed by atoms with van der Waals surface area (Å²) >= 11 is 0. The Morgan fingerprint density at radius 1 is 1.22 bits per heavy atom. The molecule has 0 atom stereocenters. The minimum Gasteiger partial charge on any atom is -0.493 e. The Bertz CT molecular complexity index is 550. The number of carbonyl (C=O) groups excluding carboxylic acids is 1. The van der Waals surface area contributed by atoms with E-state index in [2.05, 4.69) is 5.32 Å². The van der Waals surface area contributed by atoms with Crippen molar-refractivity contribution in [2.45, 2.75) is 27.1 Å². The number of ether oxygens (including phenoxy) is 4. The van der Waals surface area contributed by atoms with Crippen LogP contribution in [0.1, 0.15) is 20.8 Å². The molecule has 0 saturated carbocycles. The minimum absolute atomic E-state index is 0.146. The Kier molecular flexibility index (Phi) is 5.49. The lowest BCUT2D eigenvalue weighted by Gasteiger charge is -2.37. The maximum absolute atomic E-state index is 12.6. The average Bonchev–Trinajstić information content (AvgIpc) is 2.55. The fourth-order valence-corrected chi connectivity index (χ4v) is 2.33. The zero-order chi connectivity index (χ0) is 17.0. The number of methoxy groups -OCH3 is 2. The molecule has 0 aromatic heterocycles. The van der Waals surface area contributed by atoms with E-state index >= 15 is 0 Å². The van der Waals surface area contributed by atoms with E-state index in [-0.39, 0.29) is 18.1 Å². The highest BCUT2D eigenvalue weighted by molar-refractivity contribution is 5.95. The van der Waals surface area contributed by atoms with Crippen molar-refractivity contribution in [1.29, 1.82) is 0 Å². The van der Waals surface area contributed by atoms with Crippen LogP contribution in [0.2, 0.25) is 0 Å². The minimum atomic E-state index is -0.724. The smallest absolute Gasteiger partial charge is 0.235 e. The van der Waals surface area contributed by atoms with Crippen molar-refractivity contribution >= 4 is 11.6 Å². The first kappa shape index (κ1) is 17.6. The van der Waals surface area contributed by atoms with Crippen LogP contribution in [0.3, 0.4) is 0 Å². The van der Waals surface area contributed by atoms with E-state index in [1.807, 2.05) is 20.8 Å². The zero-order valence-electron chi connectivity index (χ0n) is 14.3. The summed E-state index contributed by atoms with van der Waals surface area (Å²) in [5.74, 6) is 1.28. The Morgan fingerprint density at radius 3 is 2.35 bits per heavy atom. The molecular formula is C17H25NO5. The summed E-state index contributed by atoms with van der Waals surface area (Å²) in [5.41, 5.74) is -0.0849. The van der Waals surface area contributed by atoms with Crippen LogP contribution in [-0.2, 0) is 14.3 Å². The van der Waals surface area contributed by atoms with Gasteiger partial charge in [-0.1, -0.05) is 13.8 Å². The molecule has 6 nitrogen and oxygen atoms in total. The summed E-state index contributed by atoms with van der Waals surface area (Å²) in [6.45, 7) is 6.54. The first-order valence-electron chi connectivity index (χ1n) is 7.66. The van der Waals surface area contributed by atoms with Gasteiger partial charge in [-0.3, -0.25) is 4.79 Å². The molecule has 0 radical (unpaired) electrons. The van der Waals surface area contributed by atoms with E-state index in [0.717, 1.165) is 0 Å². The maximum Gasteiger partial charge on any atom is 0.235 e. The van der Waals surface area contributed by atoms with Crippen LogP contribution in [0, 0.1) is 11.3 Å². The van der Waals surface area contributed by atoms with Crippen molar-refractivity contribution in [2.24, 2.45) is 11.3 Å². The molecule has 1 aliphatic rings. The van der Waals surface area contributed by atoms with Gasteiger partial charge in [0.1, 0.15) is 0 Å². The number of benzene rings is 1. The third kappa shape index (κ3) is 3.95. The van der Waals surface area contributed by atoms with Crippen LogP contribution >= 0.6 is 0 Å². The second kappa shape index (κ2) is 7.19. The fraction of sp³-hybridized carbons (Fsp3) is 0.588. The van der Waals surface area contributed by atoms with Gasteiger partial charge in [0.2, 0.25) is 5.91 Å². The number of hydrogen-bond donors (Lipinski definition) is 1. The van der Waals surface area contributed by atoms with Gasteiger partial charge >= 0.3 is 0 Å². The monoisotopic (exact) mass is 323 g/mol. The molecule has 1 amide bonds. The second-order valence-corrected chi connectivity index (χ2v) is 6.32. The third-order valence-corrected chi connectivity index (χ3v) is 3.87. The van der Waals surface area contributed by atoms with Crippen LogP contribution < -0.4 is 14.8 Å². The summed E-state index contributed by atoms with van der Waals surface area (Å²) in [4.78, 5) is 12.6. The van der Waals surface area contributed by atoms with Gasteiger partial charge in [-0.15, -0.1) is 0 Å².